The van der Waals surface area contributed by atoms with Crippen molar-refractivity contribution in [3.63, 3.8) is 0 Å². The van der Waals surface area contributed by atoms with Gasteiger partial charge in [-0.25, -0.2) is 4.98 Å². The molecule has 2 aliphatic rings. The summed E-state index contributed by atoms with van der Waals surface area (Å²) in [5, 5.41) is 2.97. The molecule has 5 nitrogen and oxygen atoms in total. The summed E-state index contributed by atoms with van der Waals surface area (Å²) in [5.41, 5.74) is 0. The SMILES string of the molecule is CCC1C(=O)N2CCCCC2C(=O)N1CCc1nccs1. The number of amides is 2. The number of carbonyl (C=O) groups excluding carboxylic acids is 2. The zero-order valence-electron chi connectivity index (χ0n) is 12.3. The number of thiazole rings is 1. The van der Waals surface area contributed by atoms with Gasteiger partial charge in [-0.3, -0.25) is 9.59 Å². The molecule has 0 radical (unpaired) electrons. The summed E-state index contributed by atoms with van der Waals surface area (Å²) >= 11 is 1.60. The van der Waals surface area contributed by atoms with Crippen molar-refractivity contribution in [2.75, 3.05) is 13.1 Å². The van der Waals surface area contributed by atoms with E-state index in [4.69, 9.17) is 0 Å². The molecule has 2 fully saturated rings. The molecule has 6 heteroatoms. The largest absolute Gasteiger partial charge is 0.329 e. The number of piperidine rings is 1. The highest BCUT2D eigenvalue weighted by Crippen LogP contribution is 2.27. The Morgan fingerprint density at radius 3 is 2.90 bits per heavy atom. The van der Waals surface area contributed by atoms with Crippen LogP contribution < -0.4 is 0 Å². The molecule has 1 aromatic rings. The molecule has 0 N–H and O–H groups in total. The molecule has 0 saturated carbocycles. The topological polar surface area (TPSA) is 53.5 Å². The van der Waals surface area contributed by atoms with E-state index >= 15 is 0 Å². The standard InChI is InChI=1S/C15H21N3O2S/c1-2-11-14(19)17-8-4-3-5-12(17)15(20)18(11)9-6-13-16-7-10-21-13/h7,10-12H,2-6,8-9H2,1H3. The quantitative estimate of drug-likeness (QED) is 0.850. The Morgan fingerprint density at radius 1 is 1.33 bits per heavy atom. The van der Waals surface area contributed by atoms with Crippen LogP contribution in [0.1, 0.15) is 37.6 Å². The molecule has 0 spiro atoms. The van der Waals surface area contributed by atoms with Crippen LogP contribution >= 0.6 is 11.3 Å². The van der Waals surface area contributed by atoms with E-state index in [1.165, 1.54) is 0 Å². The van der Waals surface area contributed by atoms with Gasteiger partial charge in [-0.2, -0.15) is 0 Å². The maximum Gasteiger partial charge on any atom is 0.246 e. The molecular formula is C15H21N3O2S. The lowest BCUT2D eigenvalue weighted by atomic mass is 9.94. The fraction of sp³-hybridized carbons (Fsp3) is 0.667. The normalized spacial score (nSPS) is 26.1. The second-order valence-corrected chi connectivity index (χ2v) is 6.65. The van der Waals surface area contributed by atoms with Crippen LogP contribution in [0.15, 0.2) is 11.6 Å². The van der Waals surface area contributed by atoms with Crippen LogP contribution in [0.3, 0.4) is 0 Å². The first kappa shape index (κ1) is 14.5. The van der Waals surface area contributed by atoms with Gasteiger partial charge in [-0.1, -0.05) is 6.92 Å². The third-order valence-electron chi connectivity index (χ3n) is 4.45. The summed E-state index contributed by atoms with van der Waals surface area (Å²) in [5.74, 6) is 0.277. The van der Waals surface area contributed by atoms with E-state index in [1.807, 2.05) is 17.2 Å². The van der Waals surface area contributed by atoms with Gasteiger partial charge >= 0.3 is 0 Å². The van der Waals surface area contributed by atoms with Crippen molar-refractivity contribution in [2.45, 2.75) is 51.1 Å². The molecular weight excluding hydrogens is 286 g/mol. The summed E-state index contributed by atoms with van der Waals surface area (Å²) < 4.78 is 0. The maximum absolute atomic E-state index is 12.7. The van der Waals surface area contributed by atoms with Crippen LogP contribution in [0.25, 0.3) is 0 Å². The van der Waals surface area contributed by atoms with Crippen molar-refractivity contribution in [3.05, 3.63) is 16.6 Å². The number of hydrogen-bond acceptors (Lipinski definition) is 4. The first-order valence-electron chi connectivity index (χ1n) is 7.71. The number of hydrogen-bond donors (Lipinski definition) is 0. The summed E-state index contributed by atoms with van der Waals surface area (Å²) in [4.78, 5) is 33.3. The monoisotopic (exact) mass is 307 g/mol. The Kier molecular flexibility index (Phi) is 4.24. The van der Waals surface area contributed by atoms with E-state index in [9.17, 15) is 9.59 Å². The minimum Gasteiger partial charge on any atom is -0.329 e. The van der Waals surface area contributed by atoms with Crippen LogP contribution in [-0.4, -0.2) is 51.8 Å². The highest BCUT2D eigenvalue weighted by molar-refractivity contribution is 7.09. The molecule has 2 aliphatic heterocycles. The number of rotatable bonds is 4. The van der Waals surface area contributed by atoms with Crippen molar-refractivity contribution in [2.24, 2.45) is 0 Å². The molecule has 2 saturated heterocycles. The molecule has 1 aromatic heterocycles. The highest BCUT2D eigenvalue weighted by atomic mass is 32.1. The molecule has 21 heavy (non-hydrogen) atoms. The smallest absolute Gasteiger partial charge is 0.246 e. The molecule has 0 aliphatic carbocycles. The molecule has 2 atom stereocenters. The minimum atomic E-state index is -0.285. The summed E-state index contributed by atoms with van der Waals surface area (Å²) in [7, 11) is 0. The van der Waals surface area contributed by atoms with Crippen LogP contribution in [0, 0.1) is 0 Å². The van der Waals surface area contributed by atoms with Crippen molar-refractivity contribution in [1.29, 1.82) is 0 Å². The Hall–Kier alpha value is -1.43. The zero-order chi connectivity index (χ0) is 14.8. The van der Waals surface area contributed by atoms with E-state index in [-0.39, 0.29) is 23.9 Å². The van der Waals surface area contributed by atoms with Crippen molar-refractivity contribution in [1.82, 2.24) is 14.8 Å². The second kappa shape index (κ2) is 6.13. The highest BCUT2D eigenvalue weighted by Gasteiger charge is 2.45. The average Bonchev–Trinajstić information content (AvgIpc) is 3.03. The minimum absolute atomic E-state index is 0.137. The van der Waals surface area contributed by atoms with Gasteiger partial charge in [-0.05, 0) is 25.7 Å². The molecule has 3 heterocycles. The first-order chi connectivity index (χ1) is 10.2. The maximum atomic E-state index is 12.7. The van der Waals surface area contributed by atoms with Crippen molar-refractivity contribution >= 4 is 23.2 Å². The van der Waals surface area contributed by atoms with Gasteiger partial charge in [0, 0.05) is 31.1 Å². The van der Waals surface area contributed by atoms with Crippen LogP contribution in [0.2, 0.25) is 0 Å². The Balaban J connectivity index is 1.76. The van der Waals surface area contributed by atoms with E-state index in [0.29, 0.717) is 13.0 Å². The molecule has 114 valence electrons. The lowest BCUT2D eigenvalue weighted by molar-refractivity contribution is -0.163. The predicted molar refractivity (Wildman–Crippen MR) is 81.0 cm³/mol. The van der Waals surface area contributed by atoms with Gasteiger partial charge in [-0.15, -0.1) is 11.3 Å². The van der Waals surface area contributed by atoms with Crippen LogP contribution in [0.4, 0.5) is 0 Å². The number of carbonyl (C=O) groups is 2. The van der Waals surface area contributed by atoms with Crippen LogP contribution in [-0.2, 0) is 16.0 Å². The van der Waals surface area contributed by atoms with E-state index in [1.54, 1.807) is 22.4 Å². The molecule has 2 amide bonds. The third kappa shape index (κ3) is 2.69. The Morgan fingerprint density at radius 2 is 2.19 bits per heavy atom. The summed E-state index contributed by atoms with van der Waals surface area (Å²) in [6, 6.07) is -0.503. The number of nitrogens with zero attached hydrogens (tertiary/aromatic N) is 3. The second-order valence-electron chi connectivity index (χ2n) is 5.67. The Bertz CT molecular complexity index is 517. The van der Waals surface area contributed by atoms with E-state index in [2.05, 4.69) is 4.98 Å². The van der Waals surface area contributed by atoms with E-state index in [0.717, 1.165) is 37.2 Å². The third-order valence-corrected chi connectivity index (χ3v) is 5.29. The lowest BCUT2D eigenvalue weighted by Gasteiger charge is -2.46. The predicted octanol–water partition coefficient (Wildman–Crippen LogP) is 1.69. The summed E-state index contributed by atoms with van der Waals surface area (Å²) in [6.07, 6.45) is 6.08. The fourth-order valence-electron chi connectivity index (χ4n) is 3.38. The molecule has 3 rings (SSSR count). The van der Waals surface area contributed by atoms with Crippen molar-refractivity contribution in [3.8, 4) is 0 Å². The van der Waals surface area contributed by atoms with E-state index < -0.39 is 0 Å². The number of aromatic nitrogens is 1. The molecule has 0 bridgehead atoms. The van der Waals surface area contributed by atoms with Gasteiger partial charge in [0.15, 0.2) is 0 Å². The Labute approximate surface area is 129 Å². The van der Waals surface area contributed by atoms with Gasteiger partial charge in [0.1, 0.15) is 12.1 Å². The van der Waals surface area contributed by atoms with Crippen molar-refractivity contribution < 1.29 is 9.59 Å². The average molecular weight is 307 g/mol. The van der Waals surface area contributed by atoms with Crippen LogP contribution in [0.5, 0.6) is 0 Å². The fourth-order valence-corrected chi connectivity index (χ4v) is 3.99. The summed E-state index contributed by atoms with van der Waals surface area (Å²) in [6.45, 7) is 3.32. The first-order valence-corrected chi connectivity index (χ1v) is 8.59. The number of fused-ring (bicyclic) bond motifs is 1. The van der Waals surface area contributed by atoms with Gasteiger partial charge in [0.05, 0.1) is 5.01 Å². The van der Waals surface area contributed by atoms with Gasteiger partial charge < -0.3 is 9.80 Å². The van der Waals surface area contributed by atoms with Gasteiger partial charge in [0.2, 0.25) is 11.8 Å². The van der Waals surface area contributed by atoms with Gasteiger partial charge in [0.25, 0.3) is 0 Å². The molecule has 2 unspecified atom stereocenters. The lowest BCUT2D eigenvalue weighted by Crippen LogP contribution is -2.65. The number of piperazine rings is 1. The zero-order valence-corrected chi connectivity index (χ0v) is 13.1. The molecule has 0 aromatic carbocycles.